The van der Waals surface area contributed by atoms with Crippen LogP contribution in [0.25, 0.3) is 0 Å². The van der Waals surface area contributed by atoms with E-state index in [9.17, 15) is 0 Å². The lowest BCUT2D eigenvalue weighted by molar-refractivity contribution is 0.349. The van der Waals surface area contributed by atoms with E-state index in [1.165, 1.54) is 0 Å². The van der Waals surface area contributed by atoms with Crippen LogP contribution in [0.2, 0.25) is 10.0 Å². The molecule has 1 rings (SSSR count). The van der Waals surface area contributed by atoms with Gasteiger partial charge in [0, 0.05) is 6.54 Å². The lowest BCUT2D eigenvalue weighted by atomic mass is 10.3. The highest BCUT2D eigenvalue weighted by molar-refractivity contribution is 6.42. The van der Waals surface area contributed by atoms with Gasteiger partial charge in [0.25, 0.3) is 0 Å². The first-order valence-electron chi connectivity index (χ1n) is 4.53. The third-order valence-corrected chi connectivity index (χ3v) is 2.58. The molecule has 0 saturated heterocycles. The number of halogens is 2. The summed E-state index contributed by atoms with van der Waals surface area (Å²) in [5.41, 5.74) is 0.952. The van der Waals surface area contributed by atoms with Crippen LogP contribution in [0.15, 0.2) is 30.4 Å². The van der Waals surface area contributed by atoms with Gasteiger partial charge in [0.15, 0.2) is 0 Å². The molecule has 2 nitrogen and oxygen atoms in total. The Labute approximate surface area is 99.8 Å². The predicted molar refractivity (Wildman–Crippen MR) is 65.0 cm³/mol. The Bertz CT molecular complexity index is 352. The van der Waals surface area contributed by atoms with Crippen molar-refractivity contribution in [2.24, 2.45) is 0 Å². The molecular weight excluding hydrogens is 233 g/mol. The number of nitrogens with one attached hydrogen (secondary N) is 1. The minimum Gasteiger partial charge on any atom is -0.488 e. The van der Waals surface area contributed by atoms with E-state index in [0.717, 1.165) is 12.1 Å². The molecule has 0 radical (unpaired) electrons. The molecule has 4 heteroatoms. The Morgan fingerprint density at radius 1 is 1.47 bits per heavy atom. The fourth-order valence-electron chi connectivity index (χ4n) is 1.08. The lowest BCUT2D eigenvalue weighted by Crippen LogP contribution is -2.14. The van der Waals surface area contributed by atoms with E-state index in [1.807, 2.05) is 7.05 Å². The van der Waals surface area contributed by atoms with Gasteiger partial charge >= 0.3 is 0 Å². The van der Waals surface area contributed by atoms with Gasteiger partial charge in [-0.1, -0.05) is 35.8 Å². The third kappa shape index (κ3) is 3.74. The van der Waals surface area contributed by atoms with Crippen molar-refractivity contribution in [1.29, 1.82) is 0 Å². The summed E-state index contributed by atoms with van der Waals surface area (Å²) in [5.74, 6) is 0.585. The third-order valence-electron chi connectivity index (χ3n) is 1.77. The molecule has 0 aromatic heterocycles. The van der Waals surface area contributed by atoms with Gasteiger partial charge < -0.3 is 10.1 Å². The molecule has 0 unspecified atom stereocenters. The zero-order valence-electron chi connectivity index (χ0n) is 8.52. The minimum absolute atomic E-state index is 0.431. The minimum atomic E-state index is 0.431. The van der Waals surface area contributed by atoms with E-state index in [1.54, 1.807) is 18.2 Å². The van der Waals surface area contributed by atoms with Crippen molar-refractivity contribution < 1.29 is 4.74 Å². The summed E-state index contributed by atoms with van der Waals surface area (Å²) in [6.07, 6.45) is 0. The molecule has 0 spiro atoms. The summed E-state index contributed by atoms with van der Waals surface area (Å²) in [6.45, 7) is 5.00. The summed E-state index contributed by atoms with van der Waals surface area (Å²) in [7, 11) is 1.86. The van der Waals surface area contributed by atoms with E-state index < -0.39 is 0 Å². The highest BCUT2D eigenvalue weighted by Gasteiger charge is 2.05. The smallest absolute Gasteiger partial charge is 0.139 e. The quantitative estimate of drug-likeness (QED) is 0.806. The van der Waals surface area contributed by atoms with Crippen LogP contribution >= 0.6 is 23.2 Å². The molecule has 15 heavy (non-hydrogen) atoms. The van der Waals surface area contributed by atoms with Crippen LogP contribution in [0.4, 0.5) is 0 Å². The first-order chi connectivity index (χ1) is 7.15. The molecule has 0 aliphatic rings. The molecule has 1 aromatic rings. The number of likely N-dealkylation sites (N-methyl/N-ethyl adjacent to an activating group) is 1. The monoisotopic (exact) mass is 245 g/mol. The molecule has 0 amide bonds. The van der Waals surface area contributed by atoms with Crippen LogP contribution in [0.1, 0.15) is 0 Å². The van der Waals surface area contributed by atoms with E-state index in [2.05, 4.69) is 11.9 Å². The van der Waals surface area contributed by atoms with Crippen molar-refractivity contribution in [3.8, 4) is 5.75 Å². The van der Waals surface area contributed by atoms with Crippen LogP contribution in [0, 0.1) is 0 Å². The molecule has 0 aliphatic carbocycles. The van der Waals surface area contributed by atoms with Crippen LogP contribution in [0.5, 0.6) is 5.75 Å². The van der Waals surface area contributed by atoms with Crippen molar-refractivity contribution >= 4 is 23.2 Å². The van der Waals surface area contributed by atoms with Gasteiger partial charge in [-0.15, -0.1) is 0 Å². The van der Waals surface area contributed by atoms with Crippen molar-refractivity contribution in [3.63, 3.8) is 0 Å². The van der Waals surface area contributed by atoms with Gasteiger partial charge in [0.05, 0.1) is 5.02 Å². The number of rotatable bonds is 5. The normalized spacial score (nSPS) is 10.1. The predicted octanol–water partition coefficient (Wildman–Crippen LogP) is 3.15. The van der Waals surface area contributed by atoms with Gasteiger partial charge in [-0.25, -0.2) is 0 Å². The average molecular weight is 246 g/mol. The molecular formula is C11H13Cl2NO. The molecule has 1 aromatic carbocycles. The first kappa shape index (κ1) is 12.4. The fraction of sp³-hybridized carbons (Fsp3) is 0.273. The maximum absolute atomic E-state index is 5.95. The van der Waals surface area contributed by atoms with Gasteiger partial charge in [-0.05, 0) is 24.8 Å². The van der Waals surface area contributed by atoms with Crippen molar-refractivity contribution in [2.75, 3.05) is 20.2 Å². The topological polar surface area (TPSA) is 21.3 Å². The summed E-state index contributed by atoms with van der Waals surface area (Å²) >= 11 is 11.8. The second-order valence-corrected chi connectivity index (χ2v) is 3.91. The molecule has 1 N–H and O–H groups in total. The van der Waals surface area contributed by atoms with Gasteiger partial charge in [0.2, 0.25) is 0 Å². The molecule has 82 valence electrons. The Balaban J connectivity index is 2.58. The summed E-state index contributed by atoms with van der Waals surface area (Å²) in [4.78, 5) is 0. The van der Waals surface area contributed by atoms with Crippen molar-refractivity contribution in [2.45, 2.75) is 0 Å². The molecule has 0 fully saturated rings. The van der Waals surface area contributed by atoms with Gasteiger partial charge in [-0.3, -0.25) is 0 Å². The highest BCUT2D eigenvalue weighted by Crippen LogP contribution is 2.31. The van der Waals surface area contributed by atoms with Crippen molar-refractivity contribution in [1.82, 2.24) is 5.32 Å². The Kier molecular flexibility index (Phi) is 4.95. The molecule has 0 bridgehead atoms. The number of ether oxygens (including phenoxy) is 1. The number of benzene rings is 1. The highest BCUT2D eigenvalue weighted by atomic mass is 35.5. The molecule has 0 saturated carbocycles. The lowest BCUT2D eigenvalue weighted by Gasteiger charge is -2.10. The number of hydrogen-bond acceptors (Lipinski definition) is 2. The second-order valence-electron chi connectivity index (χ2n) is 3.12. The van der Waals surface area contributed by atoms with Crippen LogP contribution < -0.4 is 10.1 Å². The fourth-order valence-corrected chi connectivity index (χ4v) is 1.42. The second kappa shape index (κ2) is 6.01. The molecule has 0 aliphatic heterocycles. The summed E-state index contributed by atoms with van der Waals surface area (Å²) in [5, 5.41) is 3.93. The van der Waals surface area contributed by atoms with Crippen molar-refractivity contribution in [3.05, 3.63) is 40.4 Å². The van der Waals surface area contributed by atoms with E-state index in [-0.39, 0.29) is 0 Å². The summed E-state index contributed by atoms with van der Waals surface area (Å²) < 4.78 is 5.48. The largest absolute Gasteiger partial charge is 0.488 e. The van der Waals surface area contributed by atoms with Gasteiger partial charge in [-0.2, -0.15) is 0 Å². The molecule has 0 heterocycles. The maximum atomic E-state index is 5.95. The van der Waals surface area contributed by atoms with Crippen LogP contribution in [0.3, 0.4) is 0 Å². The van der Waals surface area contributed by atoms with E-state index >= 15 is 0 Å². The first-order valence-corrected chi connectivity index (χ1v) is 5.28. The molecule has 0 atom stereocenters. The van der Waals surface area contributed by atoms with E-state index in [0.29, 0.717) is 22.4 Å². The maximum Gasteiger partial charge on any atom is 0.139 e. The Hall–Kier alpha value is -0.700. The summed E-state index contributed by atoms with van der Waals surface area (Å²) in [6, 6.07) is 5.30. The zero-order valence-corrected chi connectivity index (χ0v) is 10.0. The van der Waals surface area contributed by atoms with Crippen LogP contribution in [-0.4, -0.2) is 20.2 Å². The Morgan fingerprint density at radius 3 is 2.87 bits per heavy atom. The average Bonchev–Trinajstić information content (AvgIpc) is 2.21. The van der Waals surface area contributed by atoms with Gasteiger partial charge in [0.1, 0.15) is 17.4 Å². The van der Waals surface area contributed by atoms with Crippen LogP contribution in [-0.2, 0) is 0 Å². The Morgan fingerprint density at radius 2 is 2.20 bits per heavy atom. The zero-order chi connectivity index (χ0) is 11.3. The standard InChI is InChI=1S/C11H13Cl2NO/c1-8(6-14-2)7-15-10-5-3-4-9(12)11(10)13/h3-5,14H,1,6-7H2,2H3. The SMILES string of the molecule is C=C(CNC)COc1cccc(Cl)c1Cl. The number of hydrogen-bond donors (Lipinski definition) is 1. The van der Waals surface area contributed by atoms with E-state index in [4.69, 9.17) is 27.9 Å².